The smallest absolute Gasteiger partial charge is 0.254 e. The summed E-state index contributed by atoms with van der Waals surface area (Å²) in [5, 5.41) is 0. The van der Waals surface area contributed by atoms with E-state index in [1.54, 1.807) is 24.5 Å². The van der Waals surface area contributed by atoms with E-state index in [1.807, 2.05) is 28.0 Å². The van der Waals surface area contributed by atoms with Gasteiger partial charge < -0.3 is 9.80 Å². The summed E-state index contributed by atoms with van der Waals surface area (Å²) in [6.45, 7) is 4.30. The molecule has 1 atom stereocenters. The van der Waals surface area contributed by atoms with Crippen LogP contribution in [0.2, 0.25) is 0 Å². The highest BCUT2D eigenvalue weighted by molar-refractivity contribution is 5.94. The zero-order valence-electron chi connectivity index (χ0n) is 16.0. The molecule has 2 saturated heterocycles. The molecule has 0 unspecified atom stereocenters. The van der Waals surface area contributed by atoms with Crippen molar-refractivity contribution in [2.75, 3.05) is 32.7 Å². The molecule has 6 nitrogen and oxygen atoms in total. The molecule has 3 heterocycles. The molecule has 6 heteroatoms. The molecule has 4 rings (SSSR count). The average Bonchev–Trinajstić information content (AvgIpc) is 2.76. The molecule has 2 aromatic rings. The second kappa shape index (κ2) is 8.52. The number of piperidine rings is 1. The number of piperazine rings is 1. The predicted octanol–water partition coefficient (Wildman–Crippen LogP) is 2.03. The third kappa shape index (κ3) is 4.07. The van der Waals surface area contributed by atoms with E-state index >= 15 is 0 Å². The number of pyridine rings is 1. The SMILES string of the molecule is O=C(c1ccncc1)N1CCN([C@H]2CCCN(Cc3ccccc3)C2=O)CC1. The summed E-state index contributed by atoms with van der Waals surface area (Å²) in [6.07, 6.45) is 5.22. The Kier molecular flexibility index (Phi) is 5.67. The normalized spacial score (nSPS) is 21.0. The summed E-state index contributed by atoms with van der Waals surface area (Å²) >= 11 is 0. The summed E-state index contributed by atoms with van der Waals surface area (Å²) < 4.78 is 0. The number of benzene rings is 1. The first-order valence-corrected chi connectivity index (χ1v) is 9.98. The van der Waals surface area contributed by atoms with E-state index in [9.17, 15) is 9.59 Å². The van der Waals surface area contributed by atoms with Crippen LogP contribution in [0.3, 0.4) is 0 Å². The van der Waals surface area contributed by atoms with Crippen LogP contribution < -0.4 is 0 Å². The molecule has 28 heavy (non-hydrogen) atoms. The Morgan fingerprint density at radius 3 is 2.39 bits per heavy atom. The van der Waals surface area contributed by atoms with Crippen molar-refractivity contribution in [2.45, 2.75) is 25.4 Å². The Balaban J connectivity index is 1.35. The molecule has 1 aromatic carbocycles. The number of hydrogen-bond acceptors (Lipinski definition) is 4. The number of hydrogen-bond donors (Lipinski definition) is 0. The molecule has 0 N–H and O–H groups in total. The van der Waals surface area contributed by atoms with E-state index in [2.05, 4.69) is 22.0 Å². The lowest BCUT2D eigenvalue weighted by molar-refractivity contribution is -0.141. The standard InChI is InChI=1S/C22H26N4O2/c27-21(19-8-10-23-11-9-19)25-15-13-24(14-16-25)20-7-4-12-26(22(20)28)17-18-5-2-1-3-6-18/h1-3,5-6,8-11,20H,4,7,12-17H2/t20-/m0/s1. The van der Waals surface area contributed by atoms with Crippen molar-refractivity contribution in [1.82, 2.24) is 19.7 Å². The molecule has 146 valence electrons. The van der Waals surface area contributed by atoms with Crippen LogP contribution in [0.4, 0.5) is 0 Å². The molecule has 0 saturated carbocycles. The van der Waals surface area contributed by atoms with Gasteiger partial charge in [0.05, 0.1) is 6.04 Å². The van der Waals surface area contributed by atoms with Crippen molar-refractivity contribution >= 4 is 11.8 Å². The summed E-state index contributed by atoms with van der Waals surface area (Å²) in [6, 6.07) is 13.6. The highest BCUT2D eigenvalue weighted by Gasteiger charge is 2.35. The average molecular weight is 378 g/mol. The Labute approximate surface area is 165 Å². The Morgan fingerprint density at radius 2 is 1.68 bits per heavy atom. The van der Waals surface area contributed by atoms with Gasteiger partial charge in [0, 0.05) is 57.2 Å². The van der Waals surface area contributed by atoms with Crippen molar-refractivity contribution in [3.8, 4) is 0 Å². The van der Waals surface area contributed by atoms with Gasteiger partial charge in [-0.15, -0.1) is 0 Å². The van der Waals surface area contributed by atoms with Crippen LogP contribution in [-0.2, 0) is 11.3 Å². The van der Waals surface area contributed by atoms with E-state index in [-0.39, 0.29) is 17.9 Å². The number of nitrogens with zero attached hydrogens (tertiary/aromatic N) is 4. The fraction of sp³-hybridized carbons (Fsp3) is 0.409. The maximum atomic E-state index is 13.1. The van der Waals surface area contributed by atoms with Crippen molar-refractivity contribution in [3.63, 3.8) is 0 Å². The third-order valence-electron chi connectivity index (χ3n) is 5.69. The molecule has 2 fully saturated rings. The first kappa shape index (κ1) is 18.6. The highest BCUT2D eigenvalue weighted by atomic mass is 16.2. The number of amides is 2. The lowest BCUT2D eigenvalue weighted by Gasteiger charge is -2.42. The van der Waals surface area contributed by atoms with Crippen LogP contribution in [0.5, 0.6) is 0 Å². The lowest BCUT2D eigenvalue weighted by atomic mass is 10.0. The minimum Gasteiger partial charge on any atom is -0.337 e. The van der Waals surface area contributed by atoms with Crippen LogP contribution in [0.1, 0.15) is 28.8 Å². The quantitative estimate of drug-likeness (QED) is 0.817. The lowest BCUT2D eigenvalue weighted by Crippen LogP contribution is -2.58. The first-order chi connectivity index (χ1) is 13.7. The molecule has 0 aliphatic carbocycles. The maximum Gasteiger partial charge on any atom is 0.254 e. The minimum absolute atomic E-state index is 0.0442. The summed E-state index contributed by atoms with van der Waals surface area (Å²) in [7, 11) is 0. The third-order valence-corrected chi connectivity index (χ3v) is 5.69. The van der Waals surface area contributed by atoms with E-state index < -0.39 is 0 Å². The zero-order valence-corrected chi connectivity index (χ0v) is 16.0. The second-order valence-electron chi connectivity index (χ2n) is 7.47. The van der Waals surface area contributed by atoms with Gasteiger partial charge in [0.15, 0.2) is 0 Å². The Hall–Kier alpha value is -2.73. The molecule has 2 aliphatic heterocycles. The van der Waals surface area contributed by atoms with Gasteiger partial charge in [-0.3, -0.25) is 19.5 Å². The van der Waals surface area contributed by atoms with Crippen LogP contribution in [0.25, 0.3) is 0 Å². The zero-order chi connectivity index (χ0) is 19.3. The molecule has 0 bridgehead atoms. The number of carbonyl (C=O) groups is 2. The molecule has 2 aliphatic rings. The van der Waals surface area contributed by atoms with Crippen molar-refractivity contribution in [2.24, 2.45) is 0 Å². The number of likely N-dealkylation sites (tertiary alicyclic amines) is 1. The van der Waals surface area contributed by atoms with Crippen LogP contribution in [0.15, 0.2) is 54.9 Å². The van der Waals surface area contributed by atoms with Crippen LogP contribution in [0, 0.1) is 0 Å². The van der Waals surface area contributed by atoms with Gasteiger partial charge in [-0.05, 0) is 30.5 Å². The predicted molar refractivity (Wildman–Crippen MR) is 107 cm³/mol. The van der Waals surface area contributed by atoms with E-state index in [1.165, 1.54) is 5.56 Å². The largest absolute Gasteiger partial charge is 0.337 e. The molecular formula is C22H26N4O2. The minimum atomic E-state index is -0.0596. The van der Waals surface area contributed by atoms with E-state index in [4.69, 9.17) is 0 Å². The van der Waals surface area contributed by atoms with Gasteiger partial charge in [-0.25, -0.2) is 0 Å². The van der Waals surface area contributed by atoms with Gasteiger partial charge in [0.2, 0.25) is 5.91 Å². The Bertz CT molecular complexity index is 804. The summed E-state index contributed by atoms with van der Waals surface area (Å²) in [4.78, 5) is 35.8. The molecular weight excluding hydrogens is 352 g/mol. The highest BCUT2D eigenvalue weighted by Crippen LogP contribution is 2.21. The monoisotopic (exact) mass is 378 g/mol. The molecule has 1 aromatic heterocycles. The van der Waals surface area contributed by atoms with Crippen LogP contribution in [-0.4, -0.2) is 70.3 Å². The number of aromatic nitrogens is 1. The number of rotatable bonds is 4. The first-order valence-electron chi connectivity index (χ1n) is 9.98. The topological polar surface area (TPSA) is 56.8 Å². The van der Waals surface area contributed by atoms with Crippen LogP contribution >= 0.6 is 0 Å². The summed E-state index contributed by atoms with van der Waals surface area (Å²) in [5.74, 6) is 0.270. The van der Waals surface area contributed by atoms with Crippen molar-refractivity contribution in [1.29, 1.82) is 0 Å². The summed E-state index contributed by atoms with van der Waals surface area (Å²) in [5.41, 5.74) is 1.84. The van der Waals surface area contributed by atoms with Crippen molar-refractivity contribution < 1.29 is 9.59 Å². The maximum absolute atomic E-state index is 13.1. The van der Waals surface area contributed by atoms with E-state index in [0.29, 0.717) is 25.2 Å². The number of carbonyl (C=O) groups excluding carboxylic acids is 2. The van der Waals surface area contributed by atoms with Gasteiger partial charge in [0.25, 0.3) is 5.91 Å². The second-order valence-corrected chi connectivity index (χ2v) is 7.47. The molecule has 2 amide bonds. The van der Waals surface area contributed by atoms with Crippen molar-refractivity contribution in [3.05, 3.63) is 66.0 Å². The van der Waals surface area contributed by atoms with Gasteiger partial charge >= 0.3 is 0 Å². The van der Waals surface area contributed by atoms with Gasteiger partial charge in [0.1, 0.15) is 0 Å². The Morgan fingerprint density at radius 1 is 0.964 bits per heavy atom. The van der Waals surface area contributed by atoms with Gasteiger partial charge in [-0.2, -0.15) is 0 Å². The molecule has 0 spiro atoms. The fourth-order valence-corrected chi connectivity index (χ4v) is 4.13. The van der Waals surface area contributed by atoms with E-state index in [0.717, 1.165) is 32.5 Å². The van der Waals surface area contributed by atoms with Gasteiger partial charge in [-0.1, -0.05) is 30.3 Å². The molecule has 0 radical (unpaired) electrons. The fourth-order valence-electron chi connectivity index (χ4n) is 4.13.